The molecule has 5 aromatic carbocycles. The van der Waals surface area contributed by atoms with Crippen molar-refractivity contribution in [3.05, 3.63) is 141 Å². The SMILES string of the molecule is COc1ccc(CN(c2nncs2)S(=O)(=O)c2cc(F)c(Oc3cc(C)cc(C(F)(F)F)c3)cc2F)c(OC)c1.Cc1cc(Oc2cc(F)c(S(=O)(=O)Nc3nncs3)cc2F)cc(C(F)(F)F)c1. The highest BCUT2D eigenvalue weighted by molar-refractivity contribution is 7.93. The maximum Gasteiger partial charge on any atom is 0.416 e. The van der Waals surface area contributed by atoms with Crippen LogP contribution in [0.1, 0.15) is 27.8 Å². The lowest BCUT2D eigenvalue weighted by atomic mass is 10.1. The highest BCUT2D eigenvalue weighted by Gasteiger charge is 2.35. The molecule has 2 heterocycles. The molecule has 0 bridgehead atoms. The first-order valence-electron chi connectivity index (χ1n) is 18.8. The maximum atomic E-state index is 15.3. The number of rotatable bonds is 14. The molecule has 0 spiro atoms. The number of ether oxygens (including phenoxy) is 4. The van der Waals surface area contributed by atoms with Crippen LogP contribution in [-0.2, 0) is 38.9 Å². The molecular formula is C41H30F10N6O8S4. The lowest BCUT2D eigenvalue weighted by Gasteiger charge is -2.23. The van der Waals surface area contributed by atoms with Gasteiger partial charge in [0.15, 0.2) is 23.1 Å². The van der Waals surface area contributed by atoms with E-state index in [4.69, 9.17) is 18.9 Å². The molecule has 0 aliphatic rings. The van der Waals surface area contributed by atoms with Gasteiger partial charge >= 0.3 is 12.4 Å². The van der Waals surface area contributed by atoms with Gasteiger partial charge in [-0.1, -0.05) is 22.7 Å². The number of methoxy groups -OCH3 is 2. The normalized spacial score (nSPS) is 11.9. The molecule has 2 aromatic heterocycles. The Balaban J connectivity index is 0.000000239. The van der Waals surface area contributed by atoms with E-state index in [1.54, 1.807) is 6.07 Å². The van der Waals surface area contributed by atoms with Crippen LogP contribution in [0.15, 0.2) is 99.7 Å². The van der Waals surface area contributed by atoms with Crippen molar-refractivity contribution in [1.82, 2.24) is 20.4 Å². The molecule has 0 amide bonds. The number of halogens is 10. The van der Waals surface area contributed by atoms with Gasteiger partial charge in [0.1, 0.15) is 55.4 Å². The molecule has 366 valence electrons. The summed E-state index contributed by atoms with van der Waals surface area (Å²) >= 11 is 1.66. The van der Waals surface area contributed by atoms with Gasteiger partial charge < -0.3 is 18.9 Å². The average Bonchev–Trinajstić information content (AvgIpc) is 3.99. The number of benzene rings is 5. The molecule has 28 heteroatoms. The number of nitrogens with one attached hydrogen (secondary N) is 1. The number of hydrogen-bond acceptors (Lipinski definition) is 14. The lowest BCUT2D eigenvalue weighted by Crippen LogP contribution is -2.31. The van der Waals surface area contributed by atoms with Gasteiger partial charge in [0.25, 0.3) is 20.0 Å². The zero-order chi connectivity index (χ0) is 50.6. The molecule has 0 radical (unpaired) electrons. The molecule has 0 atom stereocenters. The summed E-state index contributed by atoms with van der Waals surface area (Å²) in [6.07, 6.45) is -9.37. The minimum atomic E-state index is -4.80. The minimum Gasteiger partial charge on any atom is -0.497 e. The van der Waals surface area contributed by atoms with E-state index in [1.165, 1.54) is 63.4 Å². The largest absolute Gasteiger partial charge is 0.497 e. The summed E-state index contributed by atoms with van der Waals surface area (Å²) in [5.74, 6) is -7.10. The van der Waals surface area contributed by atoms with E-state index in [0.29, 0.717) is 47.7 Å². The second kappa shape index (κ2) is 20.4. The van der Waals surface area contributed by atoms with E-state index in [9.17, 15) is 52.0 Å². The molecule has 7 rings (SSSR count). The molecule has 7 aromatic rings. The van der Waals surface area contributed by atoms with Crippen LogP contribution in [0.4, 0.5) is 54.2 Å². The monoisotopic (exact) mass is 1050 g/mol. The molecule has 69 heavy (non-hydrogen) atoms. The first-order chi connectivity index (χ1) is 32.3. The zero-order valence-electron chi connectivity index (χ0n) is 35.3. The van der Waals surface area contributed by atoms with E-state index in [0.717, 1.165) is 39.1 Å². The van der Waals surface area contributed by atoms with Gasteiger partial charge in [-0.15, -0.1) is 20.4 Å². The summed E-state index contributed by atoms with van der Waals surface area (Å²) in [7, 11) is -6.52. The van der Waals surface area contributed by atoms with Crippen molar-refractivity contribution in [2.75, 3.05) is 23.2 Å². The molecule has 0 saturated carbocycles. The molecule has 0 aliphatic carbocycles. The van der Waals surface area contributed by atoms with E-state index < -0.39 is 106 Å². The quantitative estimate of drug-likeness (QED) is 0.102. The Morgan fingerprint density at radius 3 is 1.59 bits per heavy atom. The van der Waals surface area contributed by atoms with Crippen LogP contribution in [0.3, 0.4) is 0 Å². The van der Waals surface area contributed by atoms with Crippen LogP contribution in [0.25, 0.3) is 0 Å². The van der Waals surface area contributed by atoms with E-state index in [-0.39, 0.29) is 27.1 Å². The second-order valence-electron chi connectivity index (χ2n) is 14.0. The minimum absolute atomic E-state index is 0.141. The average molecular weight is 1050 g/mol. The Labute approximate surface area is 392 Å². The first kappa shape index (κ1) is 51.6. The smallest absolute Gasteiger partial charge is 0.416 e. The van der Waals surface area contributed by atoms with Gasteiger partial charge in [0, 0.05) is 35.9 Å². The zero-order valence-corrected chi connectivity index (χ0v) is 38.5. The second-order valence-corrected chi connectivity index (χ2v) is 19.1. The van der Waals surface area contributed by atoms with Crippen molar-refractivity contribution >= 4 is 53.0 Å². The van der Waals surface area contributed by atoms with Crippen molar-refractivity contribution in [2.45, 2.75) is 42.5 Å². The molecule has 0 unspecified atom stereocenters. The van der Waals surface area contributed by atoms with Crippen LogP contribution in [-0.4, -0.2) is 51.4 Å². The molecular weight excluding hydrogens is 1020 g/mol. The molecule has 0 aliphatic heterocycles. The third kappa shape index (κ3) is 12.5. The Kier molecular flexibility index (Phi) is 15.3. The predicted molar refractivity (Wildman–Crippen MR) is 229 cm³/mol. The third-order valence-electron chi connectivity index (χ3n) is 8.99. The highest BCUT2D eigenvalue weighted by Crippen LogP contribution is 2.39. The molecule has 1 N–H and O–H groups in total. The van der Waals surface area contributed by atoms with Crippen molar-refractivity contribution in [3.63, 3.8) is 0 Å². The molecule has 0 fully saturated rings. The highest BCUT2D eigenvalue weighted by atomic mass is 32.2. The van der Waals surface area contributed by atoms with Crippen LogP contribution in [0.5, 0.6) is 34.5 Å². The van der Waals surface area contributed by atoms with Gasteiger partial charge in [0.2, 0.25) is 10.3 Å². The Hall–Kier alpha value is -6.78. The van der Waals surface area contributed by atoms with Crippen molar-refractivity contribution in [1.29, 1.82) is 0 Å². The summed E-state index contributed by atoms with van der Waals surface area (Å²) in [6.45, 7) is 2.34. The van der Waals surface area contributed by atoms with Crippen LogP contribution >= 0.6 is 22.7 Å². The third-order valence-corrected chi connectivity index (χ3v) is 13.7. The van der Waals surface area contributed by atoms with Crippen molar-refractivity contribution in [3.8, 4) is 34.5 Å². The summed E-state index contributed by atoms with van der Waals surface area (Å²) < 4.78 is 212. The number of alkyl halides is 6. The van der Waals surface area contributed by atoms with Gasteiger partial charge in [-0.05, 0) is 73.5 Å². The number of aryl methyl sites for hydroxylation is 2. The fourth-order valence-corrected chi connectivity index (χ4v) is 9.95. The van der Waals surface area contributed by atoms with Gasteiger partial charge in [-0.2, -0.15) is 26.3 Å². The Bertz CT molecular complexity index is 3200. The number of sulfonamides is 2. The standard InChI is InChI=1S/C25H20F5N3O5S2.C16H10F5N3O3S2/c1-14-6-16(25(28,29)30)8-18(7-14)38-22-10-20(27)23(11-19(22)26)40(34,35)33(24-32-31-13-39-24)12-15-4-5-17(36-2)9-21(15)37-3;1-8-2-9(16(19,20)21)4-10(3-8)27-13-5-12(18)14(6-11(13)17)29(25,26)24-15-23-22-7-28-15/h4-11,13H,12H2,1-3H3;2-7H,1H3,(H,23,24). The molecule has 0 saturated heterocycles. The summed E-state index contributed by atoms with van der Waals surface area (Å²) in [5, 5.41) is 13.9. The Morgan fingerprint density at radius 2 is 1.12 bits per heavy atom. The van der Waals surface area contributed by atoms with Gasteiger partial charge in [-0.3, -0.25) is 4.72 Å². The first-order valence-corrected chi connectivity index (χ1v) is 23.5. The summed E-state index contributed by atoms with van der Waals surface area (Å²) in [5.41, 5.74) is 1.08. The van der Waals surface area contributed by atoms with Crippen LogP contribution in [0.2, 0.25) is 0 Å². The van der Waals surface area contributed by atoms with Crippen LogP contribution < -0.4 is 28.0 Å². The number of nitrogens with zero attached hydrogens (tertiary/aromatic N) is 5. The molecule has 14 nitrogen and oxygen atoms in total. The van der Waals surface area contributed by atoms with Gasteiger partial charge in [0.05, 0.1) is 31.9 Å². The van der Waals surface area contributed by atoms with Crippen molar-refractivity contribution < 1.29 is 79.7 Å². The van der Waals surface area contributed by atoms with Crippen LogP contribution in [0, 0.1) is 37.1 Å². The fraction of sp³-hybridized carbons (Fsp3) is 0.171. The van der Waals surface area contributed by atoms with Crippen molar-refractivity contribution in [2.24, 2.45) is 0 Å². The summed E-state index contributed by atoms with van der Waals surface area (Å²) in [6, 6.07) is 11.6. The van der Waals surface area contributed by atoms with Gasteiger partial charge in [-0.25, -0.2) is 38.7 Å². The topological polar surface area (TPSA) is 172 Å². The number of hydrogen-bond donors (Lipinski definition) is 1. The Morgan fingerprint density at radius 1 is 0.594 bits per heavy atom. The van der Waals surface area contributed by atoms with E-state index in [2.05, 4.69) is 20.4 Å². The predicted octanol–water partition coefficient (Wildman–Crippen LogP) is 11.1. The fourth-order valence-electron chi connectivity index (χ4n) is 5.95. The number of aromatic nitrogens is 4. The lowest BCUT2D eigenvalue weighted by molar-refractivity contribution is -0.138. The van der Waals surface area contributed by atoms with E-state index in [1.807, 2.05) is 4.72 Å². The number of anilines is 2. The van der Waals surface area contributed by atoms with E-state index >= 15 is 8.78 Å². The maximum absolute atomic E-state index is 15.3. The summed E-state index contributed by atoms with van der Waals surface area (Å²) in [4.78, 5) is -2.09.